The van der Waals surface area contributed by atoms with Crippen LogP contribution >= 0.6 is 0 Å². The van der Waals surface area contributed by atoms with E-state index in [1.54, 1.807) is 12.1 Å². The molecule has 0 spiro atoms. The molecule has 1 fully saturated rings. The number of sulfonamides is 1. The van der Waals surface area contributed by atoms with Crippen molar-refractivity contribution >= 4 is 22.3 Å². The van der Waals surface area contributed by atoms with Crippen LogP contribution in [0.25, 0.3) is 0 Å². The fourth-order valence-electron chi connectivity index (χ4n) is 2.75. The van der Waals surface area contributed by atoms with Crippen LogP contribution in [0.3, 0.4) is 0 Å². The predicted octanol–water partition coefficient (Wildman–Crippen LogP) is 1.28. The second-order valence-electron chi connectivity index (χ2n) is 5.32. The SMILES string of the molecule is COC(=O)[C@H]1CC[C@@H](CC=O)N1S(=O)(=O)c1ccc(C)cc1. The van der Waals surface area contributed by atoms with Crippen LogP contribution in [0.4, 0.5) is 0 Å². The fourth-order valence-corrected chi connectivity index (χ4v) is 4.58. The first-order chi connectivity index (χ1) is 10.4. The van der Waals surface area contributed by atoms with Crippen molar-refractivity contribution in [3.8, 4) is 0 Å². The molecule has 2 atom stereocenters. The largest absolute Gasteiger partial charge is 0.468 e. The molecule has 1 saturated heterocycles. The standard InChI is InChI=1S/C15H19NO5S/c1-11-3-6-13(7-4-11)22(19,20)16-12(9-10-17)5-8-14(16)15(18)21-2/h3-4,6-7,10,12,14H,5,8-9H2,1-2H3/t12-,14+/m0/s1. The third-order valence-electron chi connectivity index (χ3n) is 3.88. The highest BCUT2D eigenvalue weighted by atomic mass is 32.2. The summed E-state index contributed by atoms with van der Waals surface area (Å²) in [5.74, 6) is -0.593. The molecule has 1 aliphatic rings. The van der Waals surface area contributed by atoms with Gasteiger partial charge in [-0.1, -0.05) is 17.7 Å². The summed E-state index contributed by atoms with van der Waals surface area (Å²) in [7, 11) is -2.63. The lowest BCUT2D eigenvalue weighted by molar-refractivity contribution is -0.144. The third kappa shape index (κ3) is 3.05. The Hall–Kier alpha value is -1.73. The number of aryl methyl sites for hydroxylation is 1. The average Bonchev–Trinajstić information content (AvgIpc) is 2.92. The van der Waals surface area contributed by atoms with Gasteiger partial charge in [-0.05, 0) is 31.9 Å². The van der Waals surface area contributed by atoms with Crippen LogP contribution < -0.4 is 0 Å². The second kappa shape index (κ2) is 6.58. The topological polar surface area (TPSA) is 80.8 Å². The van der Waals surface area contributed by atoms with Gasteiger partial charge in [-0.15, -0.1) is 0 Å². The monoisotopic (exact) mass is 325 g/mol. The Labute approximate surface area is 130 Å². The number of hydrogen-bond donors (Lipinski definition) is 0. The number of carbonyl (C=O) groups is 2. The maximum atomic E-state index is 12.9. The zero-order valence-corrected chi connectivity index (χ0v) is 13.4. The molecule has 0 aromatic heterocycles. The maximum Gasteiger partial charge on any atom is 0.324 e. The van der Waals surface area contributed by atoms with Crippen molar-refractivity contribution in [1.82, 2.24) is 4.31 Å². The summed E-state index contributed by atoms with van der Waals surface area (Å²) in [5, 5.41) is 0. The van der Waals surface area contributed by atoms with Crippen LogP contribution in [-0.2, 0) is 24.3 Å². The zero-order valence-electron chi connectivity index (χ0n) is 12.6. The number of hydrogen-bond acceptors (Lipinski definition) is 5. The number of aldehydes is 1. The van der Waals surface area contributed by atoms with Crippen molar-refractivity contribution < 1.29 is 22.7 Å². The molecule has 1 aromatic rings. The van der Waals surface area contributed by atoms with Crippen LogP contribution in [-0.4, -0.2) is 44.2 Å². The van der Waals surface area contributed by atoms with Crippen molar-refractivity contribution in [3.63, 3.8) is 0 Å². The number of esters is 1. The van der Waals surface area contributed by atoms with Gasteiger partial charge in [0.15, 0.2) is 0 Å². The summed E-state index contributed by atoms with van der Waals surface area (Å²) in [6.07, 6.45) is 1.57. The van der Waals surface area contributed by atoms with Gasteiger partial charge in [0.05, 0.1) is 12.0 Å². The van der Waals surface area contributed by atoms with E-state index in [4.69, 9.17) is 4.74 Å². The molecule has 0 radical (unpaired) electrons. The molecule has 0 amide bonds. The Kier molecular flexibility index (Phi) is 4.97. The average molecular weight is 325 g/mol. The molecule has 120 valence electrons. The van der Waals surface area contributed by atoms with Gasteiger partial charge in [-0.25, -0.2) is 8.42 Å². The van der Waals surface area contributed by atoms with E-state index < -0.39 is 28.1 Å². The minimum absolute atomic E-state index is 0.0680. The Morgan fingerprint density at radius 1 is 1.32 bits per heavy atom. The van der Waals surface area contributed by atoms with E-state index in [0.29, 0.717) is 19.1 Å². The van der Waals surface area contributed by atoms with Gasteiger partial charge in [-0.2, -0.15) is 4.31 Å². The Morgan fingerprint density at radius 3 is 2.50 bits per heavy atom. The smallest absolute Gasteiger partial charge is 0.324 e. The van der Waals surface area contributed by atoms with E-state index >= 15 is 0 Å². The highest BCUT2D eigenvalue weighted by molar-refractivity contribution is 7.89. The number of nitrogens with zero attached hydrogens (tertiary/aromatic N) is 1. The number of benzene rings is 1. The molecule has 0 aliphatic carbocycles. The molecule has 1 aliphatic heterocycles. The molecule has 2 rings (SSSR count). The molecule has 0 saturated carbocycles. The highest BCUT2D eigenvalue weighted by Crippen LogP contribution is 2.33. The zero-order chi connectivity index (χ0) is 16.3. The summed E-state index contributed by atoms with van der Waals surface area (Å²) in [4.78, 5) is 22.8. The van der Waals surface area contributed by atoms with E-state index in [0.717, 1.165) is 9.87 Å². The lowest BCUT2D eigenvalue weighted by Crippen LogP contribution is -2.45. The van der Waals surface area contributed by atoms with Gasteiger partial charge in [0.2, 0.25) is 10.0 Å². The van der Waals surface area contributed by atoms with Crippen LogP contribution in [0.15, 0.2) is 29.2 Å². The summed E-state index contributed by atoms with van der Waals surface area (Å²) in [6.45, 7) is 1.86. The van der Waals surface area contributed by atoms with Crippen molar-refractivity contribution in [2.24, 2.45) is 0 Å². The van der Waals surface area contributed by atoms with E-state index in [-0.39, 0.29) is 11.3 Å². The van der Waals surface area contributed by atoms with Gasteiger partial charge < -0.3 is 9.53 Å². The lowest BCUT2D eigenvalue weighted by atomic mass is 10.1. The Balaban J connectivity index is 2.44. The first-order valence-corrected chi connectivity index (χ1v) is 8.47. The molecule has 0 unspecified atom stereocenters. The number of methoxy groups -OCH3 is 1. The van der Waals surface area contributed by atoms with Crippen molar-refractivity contribution in [1.29, 1.82) is 0 Å². The van der Waals surface area contributed by atoms with Crippen LogP contribution in [0, 0.1) is 6.92 Å². The summed E-state index contributed by atoms with van der Waals surface area (Å²) >= 11 is 0. The van der Waals surface area contributed by atoms with E-state index in [2.05, 4.69) is 0 Å². The van der Waals surface area contributed by atoms with Gasteiger partial charge >= 0.3 is 5.97 Å². The third-order valence-corrected chi connectivity index (χ3v) is 5.85. The quantitative estimate of drug-likeness (QED) is 0.602. The first-order valence-electron chi connectivity index (χ1n) is 7.03. The van der Waals surface area contributed by atoms with Crippen molar-refractivity contribution in [3.05, 3.63) is 29.8 Å². The van der Waals surface area contributed by atoms with Gasteiger partial charge in [0.25, 0.3) is 0 Å². The number of ether oxygens (including phenoxy) is 1. The minimum atomic E-state index is -3.86. The number of carbonyl (C=O) groups excluding carboxylic acids is 2. The van der Waals surface area contributed by atoms with Crippen molar-refractivity contribution in [2.75, 3.05) is 7.11 Å². The minimum Gasteiger partial charge on any atom is -0.468 e. The van der Waals surface area contributed by atoms with Crippen molar-refractivity contribution in [2.45, 2.75) is 43.2 Å². The fraction of sp³-hybridized carbons (Fsp3) is 0.467. The van der Waals surface area contributed by atoms with Gasteiger partial charge in [0, 0.05) is 12.5 Å². The Morgan fingerprint density at radius 2 is 1.95 bits per heavy atom. The molecule has 1 heterocycles. The Bertz CT molecular complexity index is 653. The first kappa shape index (κ1) is 16.6. The summed E-state index contributed by atoms with van der Waals surface area (Å²) in [6, 6.07) is 5.04. The summed E-state index contributed by atoms with van der Waals surface area (Å²) in [5.41, 5.74) is 0.939. The molecular formula is C15H19NO5S. The predicted molar refractivity (Wildman–Crippen MR) is 79.7 cm³/mol. The molecule has 0 bridgehead atoms. The molecule has 22 heavy (non-hydrogen) atoms. The maximum absolute atomic E-state index is 12.9. The molecule has 7 heteroatoms. The molecule has 6 nitrogen and oxygen atoms in total. The van der Waals surface area contributed by atoms with Gasteiger partial charge in [-0.3, -0.25) is 4.79 Å². The number of rotatable bonds is 5. The second-order valence-corrected chi connectivity index (χ2v) is 7.16. The van der Waals surface area contributed by atoms with Gasteiger partial charge in [0.1, 0.15) is 12.3 Å². The highest BCUT2D eigenvalue weighted by Gasteiger charge is 2.45. The normalized spacial score (nSPS) is 22.5. The van der Waals surface area contributed by atoms with E-state index in [9.17, 15) is 18.0 Å². The molecule has 1 aromatic carbocycles. The molecular weight excluding hydrogens is 306 g/mol. The van der Waals surface area contributed by atoms with E-state index in [1.165, 1.54) is 19.2 Å². The van der Waals surface area contributed by atoms with E-state index in [1.807, 2.05) is 6.92 Å². The summed E-state index contributed by atoms with van der Waals surface area (Å²) < 4.78 is 31.6. The van der Waals surface area contributed by atoms with Crippen LogP contribution in [0.5, 0.6) is 0 Å². The molecule has 0 N–H and O–H groups in total. The lowest BCUT2D eigenvalue weighted by Gasteiger charge is -2.27. The van der Waals surface area contributed by atoms with Crippen LogP contribution in [0.2, 0.25) is 0 Å². The van der Waals surface area contributed by atoms with Crippen LogP contribution in [0.1, 0.15) is 24.8 Å².